The summed E-state index contributed by atoms with van der Waals surface area (Å²) in [6, 6.07) is 0. The zero-order chi connectivity index (χ0) is 11.0. The summed E-state index contributed by atoms with van der Waals surface area (Å²) in [6.07, 6.45) is 3.14. The fourth-order valence-corrected chi connectivity index (χ4v) is 4.56. The third-order valence-electron chi connectivity index (χ3n) is 3.22. The Morgan fingerprint density at radius 2 is 2.25 bits per heavy atom. The summed E-state index contributed by atoms with van der Waals surface area (Å²) in [7, 11) is 0. The van der Waals surface area contributed by atoms with Crippen LogP contribution < -0.4 is 5.73 Å². The van der Waals surface area contributed by atoms with E-state index in [1.807, 2.05) is 23.5 Å². The second-order valence-corrected chi connectivity index (χ2v) is 6.86. The number of nitrogens with two attached hydrogens (primary N) is 1. The van der Waals surface area contributed by atoms with E-state index in [9.17, 15) is 0 Å². The van der Waals surface area contributed by atoms with Crippen LogP contribution >= 0.6 is 23.5 Å². The van der Waals surface area contributed by atoms with Gasteiger partial charge in [0.2, 0.25) is 5.89 Å². The van der Waals surface area contributed by atoms with Crippen LogP contribution in [0, 0.1) is 0 Å². The summed E-state index contributed by atoms with van der Waals surface area (Å²) in [5, 5.41) is 4.42. The summed E-state index contributed by atoms with van der Waals surface area (Å²) >= 11 is 3.86. The lowest BCUT2D eigenvalue weighted by atomic mass is 9.77. The summed E-state index contributed by atoms with van der Waals surface area (Å²) < 4.78 is 5.35. The highest BCUT2D eigenvalue weighted by atomic mass is 32.2. The minimum absolute atomic E-state index is 0.297. The highest BCUT2D eigenvalue weighted by Gasteiger charge is 2.39. The molecule has 16 heavy (non-hydrogen) atoms. The Morgan fingerprint density at radius 3 is 2.88 bits per heavy atom. The van der Waals surface area contributed by atoms with Crippen LogP contribution in [0.1, 0.15) is 36.2 Å². The summed E-state index contributed by atoms with van der Waals surface area (Å²) in [4.78, 5) is 4.49. The van der Waals surface area contributed by atoms with Crippen molar-refractivity contribution in [2.45, 2.75) is 30.1 Å². The molecule has 1 atom stereocenters. The summed E-state index contributed by atoms with van der Waals surface area (Å²) in [5.41, 5.74) is 5.87. The van der Waals surface area contributed by atoms with Gasteiger partial charge in [-0.25, -0.2) is 0 Å². The molecule has 0 bridgehead atoms. The Balaban J connectivity index is 1.76. The molecule has 6 heteroatoms. The minimum Gasteiger partial charge on any atom is -0.338 e. The topological polar surface area (TPSA) is 64.9 Å². The van der Waals surface area contributed by atoms with Crippen LogP contribution in [0.4, 0.5) is 0 Å². The molecule has 0 amide bonds. The van der Waals surface area contributed by atoms with Crippen LogP contribution in [0.2, 0.25) is 0 Å². The molecule has 1 aromatic heterocycles. The lowest BCUT2D eigenvalue weighted by Gasteiger charge is -2.34. The Labute approximate surface area is 103 Å². The van der Waals surface area contributed by atoms with Gasteiger partial charge in [0.15, 0.2) is 5.82 Å². The average Bonchev–Trinajstić information content (AvgIpc) is 2.77. The van der Waals surface area contributed by atoms with Crippen molar-refractivity contribution in [2.75, 3.05) is 17.3 Å². The molecule has 4 nitrogen and oxygen atoms in total. The zero-order valence-electron chi connectivity index (χ0n) is 9.02. The normalized spacial score (nSPS) is 28.7. The number of thioether (sulfide) groups is 2. The maximum atomic E-state index is 6.17. The third kappa shape index (κ3) is 1.87. The highest BCUT2D eigenvalue weighted by molar-refractivity contribution is 8.06. The molecule has 1 aliphatic heterocycles. The van der Waals surface area contributed by atoms with Crippen LogP contribution in [-0.2, 0) is 5.54 Å². The van der Waals surface area contributed by atoms with E-state index in [-0.39, 0.29) is 5.54 Å². The first-order valence-electron chi connectivity index (χ1n) is 5.60. The molecule has 1 aliphatic carbocycles. The first-order chi connectivity index (χ1) is 7.78. The maximum Gasteiger partial charge on any atom is 0.240 e. The molecule has 2 N–H and O–H groups in total. The quantitative estimate of drug-likeness (QED) is 0.873. The van der Waals surface area contributed by atoms with Crippen molar-refractivity contribution in [1.29, 1.82) is 0 Å². The molecule has 0 aromatic carbocycles. The second-order valence-electron chi connectivity index (χ2n) is 4.40. The lowest BCUT2D eigenvalue weighted by molar-refractivity contribution is 0.229. The van der Waals surface area contributed by atoms with Gasteiger partial charge < -0.3 is 10.3 Å². The van der Waals surface area contributed by atoms with Crippen LogP contribution in [0.25, 0.3) is 0 Å². The van der Waals surface area contributed by atoms with Gasteiger partial charge in [0, 0.05) is 17.3 Å². The summed E-state index contributed by atoms with van der Waals surface area (Å²) in [5.74, 6) is 4.95. The molecule has 3 rings (SSSR count). The molecule has 1 saturated heterocycles. The van der Waals surface area contributed by atoms with Gasteiger partial charge in [0.05, 0.1) is 10.8 Å². The Kier molecular flexibility index (Phi) is 2.89. The lowest BCUT2D eigenvalue weighted by Crippen LogP contribution is -2.44. The van der Waals surface area contributed by atoms with Crippen LogP contribution in [0.15, 0.2) is 4.52 Å². The second kappa shape index (κ2) is 4.23. The smallest absolute Gasteiger partial charge is 0.240 e. The van der Waals surface area contributed by atoms with Gasteiger partial charge >= 0.3 is 0 Å². The molecule has 88 valence electrons. The van der Waals surface area contributed by atoms with Crippen LogP contribution in [-0.4, -0.2) is 27.4 Å². The Bertz CT molecular complexity index is 372. The highest BCUT2D eigenvalue weighted by Crippen LogP contribution is 2.40. The molecular formula is C10H15N3OS2. The van der Waals surface area contributed by atoms with Crippen LogP contribution in [0.5, 0.6) is 0 Å². The van der Waals surface area contributed by atoms with Gasteiger partial charge in [-0.3, -0.25) is 0 Å². The molecule has 2 heterocycles. The third-order valence-corrected chi connectivity index (χ3v) is 5.97. The van der Waals surface area contributed by atoms with Gasteiger partial charge in [-0.15, -0.1) is 11.8 Å². The van der Waals surface area contributed by atoms with Gasteiger partial charge in [-0.1, -0.05) is 5.16 Å². The van der Waals surface area contributed by atoms with Crippen molar-refractivity contribution < 1.29 is 4.52 Å². The molecule has 1 saturated carbocycles. The number of rotatable bonds is 2. The summed E-state index contributed by atoms with van der Waals surface area (Å²) in [6.45, 7) is 0. The fraction of sp³-hybridized carbons (Fsp3) is 0.800. The van der Waals surface area contributed by atoms with Crippen molar-refractivity contribution in [3.63, 3.8) is 0 Å². The molecule has 1 aromatic rings. The minimum atomic E-state index is -0.297. The largest absolute Gasteiger partial charge is 0.338 e. The Hall–Kier alpha value is -0.200. The number of nitrogens with zero attached hydrogens (tertiary/aromatic N) is 2. The van der Waals surface area contributed by atoms with E-state index in [0.717, 1.165) is 24.5 Å². The van der Waals surface area contributed by atoms with E-state index in [2.05, 4.69) is 10.1 Å². The van der Waals surface area contributed by atoms with Crippen molar-refractivity contribution in [3.05, 3.63) is 11.7 Å². The van der Waals surface area contributed by atoms with Gasteiger partial charge in [0.25, 0.3) is 0 Å². The Morgan fingerprint density at radius 1 is 1.38 bits per heavy atom. The number of hydrogen-bond donors (Lipinski definition) is 1. The fourth-order valence-electron chi connectivity index (χ4n) is 1.98. The van der Waals surface area contributed by atoms with Crippen LogP contribution in [0.3, 0.4) is 0 Å². The first kappa shape index (κ1) is 10.9. The SMILES string of the molecule is NC1(c2noc(C3CSCCS3)n2)CCC1. The standard InChI is InChI=1S/C10H15N3OS2/c11-10(2-1-3-10)9-12-8(14-13-9)7-6-15-4-5-16-7/h7H,1-6,11H2. The molecule has 0 spiro atoms. The number of hydrogen-bond acceptors (Lipinski definition) is 6. The van der Waals surface area contributed by atoms with Crippen molar-refractivity contribution in [2.24, 2.45) is 5.73 Å². The molecule has 0 radical (unpaired) electrons. The first-order valence-corrected chi connectivity index (χ1v) is 7.81. The predicted octanol–water partition coefficient (Wildman–Crippen LogP) is 1.93. The monoisotopic (exact) mass is 257 g/mol. The van der Waals surface area contributed by atoms with E-state index < -0.39 is 0 Å². The van der Waals surface area contributed by atoms with Crippen molar-refractivity contribution in [1.82, 2.24) is 10.1 Å². The molecule has 1 unspecified atom stereocenters. The molecule has 2 aliphatic rings. The van der Waals surface area contributed by atoms with E-state index in [1.165, 1.54) is 17.9 Å². The predicted molar refractivity (Wildman–Crippen MR) is 66.5 cm³/mol. The van der Waals surface area contributed by atoms with Gasteiger partial charge in [0.1, 0.15) is 0 Å². The van der Waals surface area contributed by atoms with Gasteiger partial charge in [-0.2, -0.15) is 16.7 Å². The maximum absolute atomic E-state index is 6.17. The zero-order valence-corrected chi connectivity index (χ0v) is 10.6. The van der Waals surface area contributed by atoms with E-state index in [4.69, 9.17) is 10.3 Å². The van der Waals surface area contributed by atoms with Crippen molar-refractivity contribution in [3.8, 4) is 0 Å². The molecular weight excluding hydrogens is 242 g/mol. The number of aromatic nitrogens is 2. The molecule has 2 fully saturated rings. The van der Waals surface area contributed by atoms with Crippen molar-refractivity contribution >= 4 is 23.5 Å². The van der Waals surface area contributed by atoms with E-state index in [0.29, 0.717) is 11.1 Å². The average molecular weight is 257 g/mol. The van der Waals surface area contributed by atoms with Gasteiger partial charge in [-0.05, 0) is 19.3 Å². The van der Waals surface area contributed by atoms with E-state index in [1.54, 1.807) is 0 Å². The van der Waals surface area contributed by atoms with E-state index >= 15 is 0 Å².